The molecule has 1 atom stereocenters. The van der Waals surface area contributed by atoms with Crippen molar-refractivity contribution in [2.75, 3.05) is 17.1 Å². The molecule has 0 radical (unpaired) electrons. The molecular weight excluding hydrogens is 528 g/mol. The summed E-state index contributed by atoms with van der Waals surface area (Å²) in [5, 5.41) is 3.65. The Balaban J connectivity index is 2.27. The van der Waals surface area contributed by atoms with E-state index < -0.39 is 21.9 Å². The van der Waals surface area contributed by atoms with E-state index in [9.17, 15) is 22.4 Å². The Morgan fingerprint density at radius 3 is 2.33 bits per heavy atom. The van der Waals surface area contributed by atoms with Crippen molar-refractivity contribution in [1.29, 1.82) is 0 Å². The Morgan fingerprint density at radius 2 is 1.78 bits per heavy atom. The van der Waals surface area contributed by atoms with Gasteiger partial charge in [-0.15, -0.1) is 0 Å². The Labute approximate surface area is 222 Å². The second-order valence-corrected chi connectivity index (χ2v) is 11.5. The summed E-state index contributed by atoms with van der Waals surface area (Å²) in [4.78, 5) is 27.7. The number of para-hydroxylation sites is 1. The van der Waals surface area contributed by atoms with Gasteiger partial charge in [0.25, 0.3) is 0 Å². The number of benzene rings is 2. The summed E-state index contributed by atoms with van der Waals surface area (Å²) in [5.41, 5.74) is 0.536. The molecule has 36 heavy (non-hydrogen) atoms. The Morgan fingerprint density at radius 1 is 1.11 bits per heavy atom. The topological polar surface area (TPSA) is 86.8 Å². The average molecular weight is 561 g/mol. The fraction of sp³-hybridized carbons (Fsp3) is 0.440. The largest absolute Gasteiger partial charge is 0.352 e. The van der Waals surface area contributed by atoms with Gasteiger partial charge in [-0.3, -0.25) is 13.9 Å². The normalized spacial score (nSPS) is 12.3. The smallest absolute Gasteiger partial charge is 0.243 e. The van der Waals surface area contributed by atoms with Gasteiger partial charge in [0, 0.05) is 35.6 Å². The number of nitrogens with zero attached hydrogens (tertiary/aromatic N) is 2. The molecule has 0 saturated carbocycles. The Bertz CT molecular complexity index is 1180. The van der Waals surface area contributed by atoms with Gasteiger partial charge in [0.15, 0.2) is 0 Å². The van der Waals surface area contributed by atoms with Crippen LogP contribution in [0.3, 0.4) is 0 Å². The third-order valence-corrected chi connectivity index (χ3v) is 7.21. The number of halogens is 3. The monoisotopic (exact) mass is 559 g/mol. The first kappa shape index (κ1) is 29.9. The van der Waals surface area contributed by atoms with Gasteiger partial charge in [-0.25, -0.2) is 12.8 Å². The van der Waals surface area contributed by atoms with E-state index in [2.05, 4.69) is 5.32 Å². The number of rotatable bonds is 12. The van der Waals surface area contributed by atoms with E-state index in [4.69, 9.17) is 23.2 Å². The molecule has 1 N–H and O–H groups in total. The molecule has 11 heteroatoms. The summed E-state index contributed by atoms with van der Waals surface area (Å²) in [7, 11) is -3.79. The van der Waals surface area contributed by atoms with Crippen LogP contribution in [0.4, 0.5) is 10.1 Å². The third-order valence-electron chi connectivity index (χ3n) is 5.45. The van der Waals surface area contributed by atoms with Gasteiger partial charge >= 0.3 is 0 Å². The molecule has 7 nitrogen and oxygen atoms in total. The number of sulfonamides is 1. The van der Waals surface area contributed by atoms with Crippen molar-refractivity contribution in [2.45, 2.75) is 58.7 Å². The maximum Gasteiger partial charge on any atom is 0.243 e. The SMILES string of the molecule is CCC(C(=O)NC(C)C)N(Cc1ccc(Cl)cc1Cl)C(=O)CCCN(c1ccccc1F)S(C)(=O)=O. The zero-order valence-electron chi connectivity index (χ0n) is 20.8. The molecule has 0 aliphatic rings. The number of amides is 2. The summed E-state index contributed by atoms with van der Waals surface area (Å²) in [6.45, 7) is 5.43. The summed E-state index contributed by atoms with van der Waals surface area (Å²) in [5.74, 6) is -1.33. The van der Waals surface area contributed by atoms with Crippen molar-refractivity contribution < 1.29 is 22.4 Å². The van der Waals surface area contributed by atoms with E-state index in [1.54, 1.807) is 31.2 Å². The van der Waals surface area contributed by atoms with Crippen LogP contribution in [-0.4, -0.2) is 50.0 Å². The summed E-state index contributed by atoms with van der Waals surface area (Å²) < 4.78 is 39.9. The van der Waals surface area contributed by atoms with Crippen LogP contribution >= 0.6 is 23.2 Å². The summed E-state index contributed by atoms with van der Waals surface area (Å²) >= 11 is 12.3. The molecule has 0 aliphatic heterocycles. The lowest BCUT2D eigenvalue weighted by Gasteiger charge is -2.32. The highest BCUT2D eigenvalue weighted by Gasteiger charge is 2.30. The lowest BCUT2D eigenvalue weighted by Crippen LogP contribution is -2.50. The molecule has 2 aromatic carbocycles. The first-order chi connectivity index (χ1) is 16.8. The van der Waals surface area contributed by atoms with E-state index >= 15 is 0 Å². The second-order valence-electron chi connectivity index (χ2n) is 8.73. The average Bonchev–Trinajstić information content (AvgIpc) is 2.77. The minimum absolute atomic E-state index is 0.0584. The molecule has 0 aromatic heterocycles. The number of hydrogen-bond acceptors (Lipinski definition) is 4. The fourth-order valence-corrected chi connectivity index (χ4v) is 5.20. The lowest BCUT2D eigenvalue weighted by atomic mass is 10.1. The molecule has 2 aromatic rings. The van der Waals surface area contributed by atoms with Crippen LogP contribution in [0.15, 0.2) is 42.5 Å². The highest BCUT2D eigenvalue weighted by Crippen LogP contribution is 2.25. The fourth-order valence-electron chi connectivity index (χ4n) is 3.77. The van der Waals surface area contributed by atoms with Crippen molar-refractivity contribution in [3.63, 3.8) is 0 Å². The molecule has 2 amide bonds. The third kappa shape index (κ3) is 8.35. The zero-order chi connectivity index (χ0) is 27.0. The number of anilines is 1. The van der Waals surface area contributed by atoms with Crippen LogP contribution in [0, 0.1) is 5.82 Å². The minimum Gasteiger partial charge on any atom is -0.352 e. The number of carbonyl (C=O) groups is 2. The number of carbonyl (C=O) groups excluding carboxylic acids is 2. The maximum absolute atomic E-state index is 14.3. The van der Waals surface area contributed by atoms with Gasteiger partial charge in [0.2, 0.25) is 21.8 Å². The molecule has 0 aliphatic carbocycles. The second kappa shape index (κ2) is 13.3. The Kier molecular flexibility index (Phi) is 11.0. The van der Waals surface area contributed by atoms with Crippen molar-refractivity contribution in [2.24, 2.45) is 0 Å². The molecule has 0 spiro atoms. The molecule has 0 fully saturated rings. The molecule has 0 bridgehead atoms. The van der Waals surface area contributed by atoms with E-state index in [0.29, 0.717) is 22.0 Å². The van der Waals surface area contributed by atoms with Gasteiger partial charge in [0.05, 0.1) is 11.9 Å². The van der Waals surface area contributed by atoms with Crippen LogP contribution in [0.2, 0.25) is 10.0 Å². The highest BCUT2D eigenvalue weighted by molar-refractivity contribution is 7.92. The van der Waals surface area contributed by atoms with Crippen molar-refractivity contribution in [3.05, 3.63) is 63.9 Å². The number of nitrogens with one attached hydrogen (secondary N) is 1. The highest BCUT2D eigenvalue weighted by atomic mass is 35.5. The molecule has 0 heterocycles. The van der Waals surface area contributed by atoms with Gasteiger partial charge in [-0.2, -0.15) is 0 Å². The minimum atomic E-state index is -3.79. The Hall–Kier alpha value is -2.36. The van der Waals surface area contributed by atoms with Crippen molar-refractivity contribution >= 4 is 50.7 Å². The number of hydrogen-bond donors (Lipinski definition) is 1. The predicted octanol–water partition coefficient (Wildman–Crippen LogP) is 5.01. The van der Waals surface area contributed by atoms with Crippen molar-refractivity contribution in [1.82, 2.24) is 10.2 Å². The first-order valence-electron chi connectivity index (χ1n) is 11.6. The van der Waals surface area contributed by atoms with Crippen LogP contribution in [0.25, 0.3) is 0 Å². The van der Waals surface area contributed by atoms with E-state index in [0.717, 1.165) is 10.6 Å². The lowest BCUT2D eigenvalue weighted by molar-refractivity contribution is -0.141. The standard InChI is InChI=1S/C25H32Cl2FN3O4S/c1-5-22(25(33)29-17(2)3)30(16-18-12-13-19(26)15-20(18)27)24(32)11-8-14-31(36(4,34)35)23-10-7-6-9-21(23)28/h6-7,9-10,12-13,15,17,22H,5,8,11,14,16H2,1-4H3,(H,29,33). The van der Waals surface area contributed by atoms with Crippen LogP contribution in [0.5, 0.6) is 0 Å². The van der Waals surface area contributed by atoms with Crippen LogP contribution in [-0.2, 0) is 26.2 Å². The first-order valence-corrected chi connectivity index (χ1v) is 14.2. The predicted molar refractivity (Wildman–Crippen MR) is 142 cm³/mol. The quantitative estimate of drug-likeness (QED) is 0.396. The van der Waals surface area contributed by atoms with E-state index in [1.165, 1.54) is 23.1 Å². The molecule has 1 unspecified atom stereocenters. The van der Waals surface area contributed by atoms with Crippen LogP contribution < -0.4 is 9.62 Å². The van der Waals surface area contributed by atoms with Crippen molar-refractivity contribution in [3.8, 4) is 0 Å². The zero-order valence-corrected chi connectivity index (χ0v) is 23.1. The summed E-state index contributed by atoms with van der Waals surface area (Å²) in [6, 6.07) is 9.59. The molecule has 2 rings (SSSR count). The molecular formula is C25H32Cl2FN3O4S. The van der Waals surface area contributed by atoms with Gasteiger partial charge < -0.3 is 10.2 Å². The van der Waals surface area contributed by atoms with E-state index in [1.807, 2.05) is 13.8 Å². The maximum atomic E-state index is 14.3. The van der Waals surface area contributed by atoms with Crippen LogP contribution in [0.1, 0.15) is 45.6 Å². The van der Waals surface area contributed by atoms with Gasteiger partial charge in [-0.1, -0.05) is 48.3 Å². The van der Waals surface area contributed by atoms with Gasteiger partial charge in [0.1, 0.15) is 11.9 Å². The summed E-state index contributed by atoms with van der Waals surface area (Å²) in [6.07, 6.45) is 1.41. The molecule has 0 saturated heterocycles. The van der Waals surface area contributed by atoms with E-state index in [-0.39, 0.29) is 49.5 Å². The van der Waals surface area contributed by atoms with Gasteiger partial charge in [-0.05, 0) is 56.5 Å². The molecule has 198 valence electrons.